The molecule has 0 bridgehead atoms. The molecule has 0 saturated carbocycles. The molecule has 2 nitrogen and oxygen atoms in total. The smallest absolute Gasteiger partial charge is 0.186 e. The topological polar surface area (TPSA) is 37.3 Å². The quantitative estimate of drug-likeness (QED) is 0.620. The Morgan fingerprint density at radius 2 is 1.75 bits per heavy atom. The van der Waals surface area contributed by atoms with E-state index in [2.05, 4.69) is 0 Å². The second-order valence-electron chi connectivity index (χ2n) is 2.12. The average molecular weight is 225 g/mol. The third-order valence-corrected chi connectivity index (χ3v) is 2.51. The highest BCUT2D eigenvalue weighted by Gasteiger charge is 2.04. The van der Waals surface area contributed by atoms with Crippen LogP contribution in [0.1, 0.15) is 10.4 Å². The Labute approximate surface area is 82.8 Å². The lowest BCUT2D eigenvalue weighted by atomic mass is 10.2. The van der Waals surface area contributed by atoms with Crippen molar-refractivity contribution in [2.24, 2.45) is 0 Å². The van der Waals surface area contributed by atoms with Crippen LogP contribution in [-0.2, 0) is 11.1 Å². The van der Waals surface area contributed by atoms with E-state index in [1.54, 1.807) is 12.1 Å². The zero-order chi connectivity index (χ0) is 9.14. The molecule has 0 radical (unpaired) electrons. The molecule has 0 saturated heterocycles. The van der Waals surface area contributed by atoms with Gasteiger partial charge >= 0.3 is 0 Å². The number of hydrogen-bond donors (Lipinski definition) is 1. The van der Waals surface area contributed by atoms with E-state index in [9.17, 15) is 4.21 Å². The summed E-state index contributed by atoms with van der Waals surface area (Å²) in [4.78, 5) is -0.251. The van der Waals surface area contributed by atoms with Crippen molar-refractivity contribution in [2.75, 3.05) is 0 Å². The van der Waals surface area contributed by atoms with Gasteiger partial charge in [-0.1, -0.05) is 12.1 Å². The lowest BCUT2D eigenvalue weighted by Crippen LogP contribution is -1.88. The minimum absolute atomic E-state index is 0.340. The third kappa shape index (κ3) is 2.45. The van der Waals surface area contributed by atoms with Gasteiger partial charge in [-0.05, 0) is 17.7 Å². The summed E-state index contributed by atoms with van der Waals surface area (Å²) in [5, 5.41) is 0. The molecule has 1 aromatic carbocycles. The van der Waals surface area contributed by atoms with Crippen LogP contribution in [0.3, 0.4) is 0 Å². The van der Waals surface area contributed by atoms with Crippen molar-refractivity contribution in [3.63, 3.8) is 0 Å². The Kier molecular flexibility index (Phi) is 3.53. The van der Waals surface area contributed by atoms with E-state index in [-0.39, 0.29) is 0 Å². The molecule has 1 N–H and O–H groups in total. The fourth-order valence-corrected chi connectivity index (χ4v) is 1.39. The molecule has 0 amide bonds. The highest BCUT2D eigenvalue weighted by Crippen LogP contribution is 2.24. The summed E-state index contributed by atoms with van der Waals surface area (Å²) in [7, 11) is 0. The van der Waals surface area contributed by atoms with Gasteiger partial charge in [0, 0.05) is 0 Å². The van der Waals surface area contributed by atoms with E-state index in [1.165, 1.54) is 12.1 Å². The third-order valence-electron chi connectivity index (χ3n) is 1.33. The Bertz CT molecular complexity index is 284. The molecule has 1 rings (SSSR count). The van der Waals surface area contributed by atoms with Crippen LogP contribution in [0.5, 0.6) is 0 Å². The zero-order valence-electron chi connectivity index (χ0n) is 5.91. The minimum Gasteiger partial charge on any atom is -0.302 e. The highest BCUT2D eigenvalue weighted by molar-refractivity contribution is 7.79. The second kappa shape index (κ2) is 4.23. The molecule has 12 heavy (non-hydrogen) atoms. The van der Waals surface area contributed by atoms with Gasteiger partial charge in [0.25, 0.3) is 0 Å². The van der Waals surface area contributed by atoms with Gasteiger partial charge in [-0.25, -0.2) is 4.21 Å². The van der Waals surface area contributed by atoms with E-state index in [0.717, 1.165) is 0 Å². The van der Waals surface area contributed by atoms with Gasteiger partial charge in [0.05, 0.1) is 4.90 Å². The Morgan fingerprint density at radius 1 is 1.25 bits per heavy atom. The van der Waals surface area contributed by atoms with Gasteiger partial charge in [-0.3, -0.25) is 0 Å². The summed E-state index contributed by atoms with van der Waals surface area (Å²) >= 11 is 9.19. The molecule has 1 atom stereocenters. The zero-order valence-corrected chi connectivity index (χ0v) is 8.23. The summed E-state index contributed by atoms with van der Waals surface area (Å²) in [6, 6.07) is 6.27. The predicted molar refractivity (Wildman–Crippen MR) is 49.9 cm³/mol. The van der Waals surface area contributed by atoms with E-state index in [4.69, 9.17) is 27.8 Å². The molecule has 66 valence electrons. The standard InChI is InChI=1S/C7H6Cl2O2S/c8-7(9)5-1-3-6(4-2-5)12(10)11/h1-4,7H,(H,10,11). The number of hydrogen-bond acceptors (Lipinski definition) is 1. The first-order valence-electron chi connectivity index (χ1n) is 3.10. The van der Waals surface area contributed by atoms with Crippen LogP contribution in [0.15, 0.2) is 29.2 Å². The predicted octanol–water partition coefficient (Wildman–Crippen LogP) is 2.74. The van der Waals surface area contributed by atoms with Gasteiger partial charge < -0.3 is 4.55 Å². The van der Waals surface area contributed by atoms with E-state index >= 15 is 0 Å². The average Bonchev–Trinajstić information content (AvgIpc) is 2.04. The van der Waals surface area contributed by atoms with Crippen molar-refractivity contribution in [2.45, 2.75) is 9.73 Å². The lowest BCUT2D eigenvalue weighted by molar-refractivity contribution is 0.564. The van der Waals surface area contributed by atoms with Crippen LogP contribution < -0.4 is 0 Å². The van der Waals surface area contributed by atoms with Crippen molar-refractivity contribution in [1.82, 2.24) is 0 Å². The molecule has 0 spiro atoms. The first-order valence-corrected chi connectivity index (χ1v) is 5.08. The van der Waals surface area contributed by atoms with Gasteiger partial charge in [-0.15, -0.1) is 23.2 Å². The number of benzene rings is 1. The molecule has 5 heteroatoms. The maximum Gasteiger partial charge on any atom is 0.186 e. The van der Waals surface area contributed by atoms with Crippen LogP contribution in [0.25, 0.3) is 0 Å². The van der Waals surface area contributed by atoms with Crippen molar-refractivity contribution in [3.8, 4) is 0 Å². The largest absolute Gasteiger partial charge is 0.302 e. The molecular formula is C7H6Cl2O2S. The molecule has 0 heterocycles. The van der Waals surface area contributed by atoms with E-state index in [1.807, 2.05) is 0 Å². The Hall–Kier alpha value is -0.0900. The van der Waals surface area contributed by atoms with Crippen molar-refractivity contribution < 1.29 is 8.76 Å². The Balaban J connectivity index is 2.93. The maximum atomic E-state index is 10.5. The first-order chi connectivity index (χ1) is 5.61. The summed E-state index contributed by atoms with van der Waals surface area (Å²) in [5.74, 6) is 0. The lowest BCUT2D eigenvalue weighted by Gasteiger charge is -2.00. The van der Waals surface area contributed by atoms with E-state index < -0.39 is 15.9 Å². The number of rotatable bonds is 2. The van der Waals surface area contributed by atoms with Crippen LogP contribution in [0, 0.1) is 0 Å². The van der Waals surface area contributed by atoms with Crippen molar-refractivity contribution in [3.05, 3.63) is 29.8 Å². The fraction of sp³-hybridized carbons (Fsp3) is 0.143. The van der Waals surface area contributed by atoms with Crippen LogP contribution in [0.4, 0.5) is 0 Å². The SMILES string of the molecule is O=S(O)c1ccc(C(Cl)Cl)cc1. The van der Waals surface area contributed by atoms with Crippen molar-refractivity contribution >= 4 is 34.3 Å². The monoisotopic (exact) mass is 224 g/mol. The van der Waals surface area contributed by atoms with Crippen LogP contribution in [0.2, 0.25) is 0 Å². The molecule has 0 aromatic heterocycles. The molecular weight excluding hydrogens is 219 g/mol. The van der Waals surface area contributed by atoms with Gasteiger partial charge in [0.2, 0.25) is 0 Å². The molecule has 0 fully saturated rings. The van der Waals surface area contributed by atoms with Crippen LogP contribution >= 0.6 is 23.2 Å². The first kappa shape index (κ1) is 9.99. The Morgan fingerprint density at radius 3 is 2.08 bits per heavy atom. The summed E-state index contributed by atoms with van der Waals surface area (Å²) < 4.78 is 19.2. The number of alkyl halides is 2. The molecule has 0 aliphatic carbocycles. The second-order valence-corrected chi connectivity index (χ2v) is 4.18. The fourth-order valence-electron chi connectivity index (χ4n) is 0.730. The van der Waals surface area contributed by atoms with Gasteiger partial charge in [-0.2, -0.15) is 0 Å². The molecule has 1 aromatic rings. The van der Waals surface area contributed by atoms with Gasteiger partial charge in [0.15, 0.2) is 11.1 Å². The van der Waals surface area contributed by atoms with Crippen molar-refractivity contribution in [1.29, 1.82) is 0 Å². The summed E-state index contributed by atoms with van der Waals surface area (Å²) in [6.45, 7) is 0. The normalized spacial score (nSPS) is 13.3. The van der Waals surface area contributed by atoms with E-state index in [0.29, 0.717) is 10.5 Å². The van der Waals surface area contributed by atoms with Gasteiger partial charge in [0.1, 0.15) is 4.84 Å². The van der Waals surface area contributed by atoms with Crippen LogP contribution in [-0.4, -0.2) is 8.76 Å². The summed E-state index contributed by atoms with van der Waals surface area (Å²) in [6.07, 6.45) is 0. The molecule has 0 aliphatic heterocycles. The molecule has 0 aliphatic rings. The number of halogens is 2. The highest BCUT2D eigenvalue weighted by atomic mass is 35.5. The minimum atomic E-state index is -1.94. The maximum absolute atomic E-state index is 10.5. The molecule has 1 unspecified atom stereocenters. The summed E-state index contributed by atoms with van der Waals surface area (Å²) in [5.41, 5.74) is 0.715.